The second kappa shape index (κ2) is 20.4. The van der Waals surface area contributed by atoms with Crippen LogP contribution in [-0.2, 0) is 77.0 Å². The van der Waals surface area contributed by atoms with Crippen LogP contribution in [0.15, 0.2) is 84.9 Å². The molecule has 0 amide bonds. The summed E-state index contributed by atoms with van der Waals surface area (Å²) in [5.41, 5.74) is 3.41. The fourth-order valence-electron chi connectivity index (χ4n) is 7.31. The summed E-state index contributed by atoms with van der Waals surface area (Å²) in [5.74, 6) is 0. The Hall–Kier alpha value is -3.28. The average Bonchev–Trinajstić information content (AvgIpc) is 3.82. The van der Waals surface area contributed by atoms with Gasteiger partial charge in [0.05, 0.1) is 0 Å². The molecular formula is C51H52Cl2F12Zr-2. The van der Waals surface area contributed by atoms with Crippen LogP contribution in [0.5, 0.6) is 0 Å². The fraction of sp³-hybridized carbons (Fsp3) is 0.412. The van der Waals surface area contributed by atoms with Crippen molar-refractivity contribution in [2.75, 3.05) is 0 Å². The van der Waals surface area contributed by atoms with E-state index in [0.717, 1.165) is 6.42 Å². The van der Waals surface area contributed by atoms with Gasteiger partial charge in [-0.05, 0) is 39.4 Å². The third-order valence-electron chi connectivity index (χ3n) is 10.5. The maximum absolute atomic E-state index is 13.0. The van der Waals surface area contributed by atoms with Gasteiger partial charge in [0.1, 0.15) is 0 Å². The summed E-state index contributed by atoms with van der Waals surface area (Å²) in [6.07, 6.45) is -19.9. The molecule has 15 heteroatoms. The van der Waals surface area contributed by atoms with E-state index in [2.05, 4.69) is 107 Å². The Morgan fingerprint density at radius 3 is 1.08 bits per heavy atom. The van der Waals surface area contributed by atoms with Crippen molar-refractivity contribution < 1.29 is 102 Å². The molecule has 0 aromatic heterocycles. The van der Waals surface area contributed by atoms with E-state index >= 15 is 0 Å². The fourth-order valence-corrected chi connectivity index (χ4v) is 8.02. The molecule has 0 atom stereocenters. The van der Waals surface area contributed by atoms with Gasteiger partial charge in [-0.25, -0.2) is 12.1 Å². The minimum absolute atomic E-state index is 0. The zero-order valence-electron chi connectivity index (χ0n) is 38.6. The summed E-state index contributed by atoms with van der Waals surface area (Å²) in [6.45, 7) is 28.0. The van der Waals surface area contributed by atoms with Crippen LogP contribution >= 0.6 is 0 Å². The van der Waals surface area contributed by atoms with Crippen molar-refractivity contribution in [1.29, 1.82) is 0 Å². The normalized spacial score (nSPS) is 13.2. The molecule has 6 rings (SSSR count). The van der Waals surface area contributed by atoms with Crippen LogP contribution in [0.3, 0.4) is 0 Å². The van der Waals surface area contributed by atoms with E-state index in [1.54, 1.807) is 0 Å². The Balaban J connectivity index is 0.000000398. The standard InChI is InChI=1S/C29H41.C17H6F12.C5H5.2ClH.Zr/c1-26(2,3)22-14-18-13-19-15-23(27(4,5)6)25(29(10,11)12)17-21(19)20(18)16-24(22)28(7,8)9;18-14(19,20)10-2-8(3-11(6-10)15(21,22)23)1-9-4-12(16(24,25)26)7-13(5-9)17(27,28)29;1-2-4-5-3-1;;;/h14,16-17H,13H2,1-12H3;2-7H;1-5H;2*1H;/q-1;;-1;;;+2/p-2. The van der Waals surface area contributed by atoms with Crippen molar-refractivity contribution in [1.82, 2.24) is 0 Å². The first-order chi connectivity index (χ1) is 28.7. The minimum atomic E-state index is -5.22. The Kier molecular flexibility index (Phi) is 18.2. The van der Waals surface area contributed by atoms with Crippen molar-refractivity contribution in [3.63, 3.8) is 0 Å². The SMILES string of the molecule is CC(C)(C)c1[c-]c2c(cc1C(C)(C)C)-c1cc(C(C)(C)C)c(C(C)(C)C)cc1C2.FC(F)(F)c1cc([C](=[Zr+2])c2cc(C(F)(F)F)cc(C(F)(F)F)c2)cc(C(F)(F)F)c1.[Cl-].[Cl-].c1cc[cH-]c1. The second-order valence-electron chi connectivity index (χ2n) is 20.1. The summed E-state index contributed by atoms with van der Waals surface area (Å²) < 4.78 is 155. The zero-order valence-corrected chi connectivity index (χ0v) is 42.6. The van der Waals surface area contributed by atoms with E-state index in [1.165, 1.54) is 44.5 Å². The Bertz CT molecular complexity index is 2220. The topological polar surface area (TPSA) is 0 Å². The van der Waals surface area contributed by atoms with Gasteiger partial charge in [0, 0.05) is 0 Å². The Labute approximate surface area is 407 Å². The van der Waals surface area contributed by atoms with Crippen LogP contribution in [-0.4, -0.2) is 3.21 Å². The number of benzene rings is 4. The molecule has 0 saturated carbocycles. The minimum Gasteiger partial charge on any atom is -1.00 e. The maximum atomic E-state index is 13.0. The number of alkyl halides is 12. The van der Waals surface area contributed by atoms with Gasteiger partial charge in [0.15, 0.2) is 0 Å². The second-order valence-corrected chi connectivity index (χ2v) is 21.3. The average molecular weight is 1060 g/mol. The van der Waals surface area contributed by atoms with Crippen molar-refractivity contribution in [2.45, 2.75) is 136 Å². The number of hydrogen-bond acceptors (Lipinski definition) is 0. The van der Waals surface area contributed by atoms with E-state index in [1.807, 2.05) is 30.3 Å². The molecule has 0 fully saturated rings. The van der Waals surface area contributed by atoms with Crippen LogP contribution in [0.2, 0.25) is 0 Å². The molecule has 5 aromatic carbocycles. The summed E-state index contributed by atoms with van der Waals surface area (Å²) in [6, 6.07) is 22.0. The van der Waals surface area contributed by atoms with Crippen LogP contribution in [0.4, 0.5) is 52.7 Å². The first-order valence-corrected chi connectivity index (χ1v) is 21.6. The molecule has 5 aromatic rings. The molecule has 0 bridgehead atoms. The van der Waals surface area contributed by atoms with Gasteiger partial charge < -0.3 is 24.8 Å². The predicted octanol–water partition coefficient (Wildman–Crippen LogP) is 10.5. The molecule has 1 aliphatic carbocycles. The van der Waals surface area contributed by atoms with Gasteiger partial charge in [-0.15, -0.1) is 16.7 Å². The number of hydrogen-bond donors (Lipinski definition) is 0. The maximum Gasteiger partial charge on any atom is -0.172 e. The van der Waals surface area contributed by atoms with Crippen LogP contribution < -0.4 is 24.8 Å². The molecule has 0 nitrogen and oxygen atoms in total. The van der Waals surface area contributed by atoms with Crippen molar-refractivity contribution in [2.24, 2.45) is 0 Å². The van der Waals surface area contributed by atoms with Crippen molar-refractivity contribution >= 4 is 3.21 Å². The van der Waals surface area contributed by atoms with E-state index in [-0.39, 0.29) is 107 Å². The van der Waals surface area contributed by atoms with Gasteiger partial charge in [-0.3, -0.25) is 0 Å². The largest absolute Gasteiger partial charge is 1.00 e. The predicted molar refractivity (Wildman–Crippen MR) is 226 cm³/mol. The van der Waals surface area contributed by atoms with Gasteiger partial charge in [-0.2, -0.15) is 35.9 Å². The molecule has 0 unspecified atom stereocenters. The monoisotopic (exact) mass is 1050 g/mol. The molecule has 0 N–H and O–H groups in total. The van der Waals surface area contributed by atoms with Gasteiger partial charge in [-0.1, -0.05) is 106 Å². The molecule has 0 spiro atoms. The Morgan fingerprint density at radius 2 is 0.788 bits per heavy atom. The van der Waals surface area contributed by atoms with E-state index in [0.29, 0.717) is 0 Å². The molecule has 360 valence electrons. The van der Waals surface area contributed by atoms with Crippen LogP contribution in [0, 0.1) is 6.07 Å². The quantitative estimate of drug-likeness (QED) is 0.120. The number of rotatable bonds is 2. The van der Waals surface area contributed by atoms with E-state index in [4.69, 9.17) is 0 Å². The molecule has 0 saturated heterocycles. The molecule has 1 aliphatic rings. The Morgan fingerprint density at radius 1 is 0.455 bits per heavy atom. The first-order valence-electron chi connectivity index (χ1n) is 20.3. The third-order valence-corrected chi connectivity index (χ3v) is 12.0. The summed E-state index contributed by atoms with van der Waals surface area (Å²) in [5, 5.41) is 0. The molecule has 0 aliphatic heterocycles. The number of halogens is 14. The number of fused-ring (bicyclic) bond motifs is 3. The molecular weight excluding hydrogens is 1000 g/mol. The van der Waals surface area contributed by atoms with Crippen molar-refractivity contribution in [3.05, 3.63) is 158 Å². The molecule has 0 radical (unpaired) electrons. The van der Waals surface area contributed by atoms with Gasteiger partial charge >= 0.3 is 175 Å². The summed E-state index contributed by atoms with van der Waals surface area (Å²) in [7, 11) is 0. The molecule has 66 heavy (non-hydrogen) atoms. The van der Waals surface area contributed by atoms with Crippen LogP contribution in [0.25, 0.3) is 11.1 Å². The zero-order chi connectivity index (χ0) is 49.0. The van der Waals surface area contributed by atoms with E-state index < -0.39 is 61.3 Å². The third kappa shape index (κ3) is 14.6. The van der Waals surface area contributed by atoms with E-state index in [9.17, 15) is 52.7 Å². The first kappa shape index (κ1) is 58.8. The van der Waals surface area contributed by atoms with Crippen LogP contribution in [0.1, 0.15) is 150 Å². The van der Waals surface area contributed by atoms with Crippen molar-refractivity contribution in [3.8, 4) is 11.1 Å². The van der Waals surface area contributed by atoms with Gasteiger partial charge in [0.25, 0.3) is 0 Å². The van der Waals surface area contributed by atoms with Gasteiger partial charge in [0.2, 0.25) is 0 Å². The molecule has 0 heterocycles. The smallest absolute Gasteiger partial charge is 0.172 e. The summed E-state index contributed by atoms with van der Waals surface area (Å²) in [4.78, 5) is 0. The summed E-state index contributed by atoms with van der Waals surface area (Å²) >= 11 is -0.00108.